The van der Waals surface area contributed by atoms with Crippen LogP contribution in [0.4, 0.5) is 5.13 Å². The van der Waals surface area contributed by atoms with Gasteiger partial charge in [0.15, 0.2) is 0 Å². The van der Waals surface area contributed by atoms with Crippen LogP contribution in [0.15, 0.2) is 46.9 Å². The van der Waals surface area contributed by atoms with Gasteiger partial charge in [0.2, 0.25) is 5.13 Å². The molecule has 0 amide bonds. The minimum atomic E-state index is 0.721. The maximum Gasteiger partial charge on any atom is 0.203 e. The lowest BCUT2D eigenvalue weighted by Gasteiger charge is -2.08. The Balaban J connectivity index is 1.69. The number of hydrazone groups is 1. The van der Waals surface area contributed by atoms with Crippen LogP contribution in [-0.4, -0.2) is 17.8 Å². The second kappa shape index (κ2) is 8.82. The molecule has 0 radical (unpaired) electrons. The summed E-state index contributed by atoms with van der Waals surface area (Å²) in [4.78, 5) is 4.69. The van der Waals surface area contributed by atoms with E-state index in [0.29, 0.717) is 0 Å². The van der Waals surface area contributed by atoms with Gasteiger partial charge in [0.25, 0.3) is 0 Å². The van der Waals surface area contributed by atoms with Gasteiger partial charge in [-0.1, -0.05) is 36.8 Å². The quantitative estimate of drug-likeness (QED) is 0.406. The van der Waals surface area contributed by atoms with E-state index < -0.39 is 0 Å². The SMILES string of the molecule is CCCOc1cccc(/C=N\Nc2nc(-c3c(C)cc(C)cc3C)cs2)c1. The molecule has 0 aliphatic heterocycles. The van der Waals surface area contributed by atoms with Crippen LogP contribution in [-0.2, 0) is 0 Å². The molecule has 0 unspecified atom stereocenters. The zero-order valence-corrected chi connectivity index (χ0v) is 17.1. The number of thiazole rings is 1. The molecule has 0 bridgehead atoms. The zero-order chi connectivity index (χ0) is 19.2. The Morgan fingerprint density at radius 2 is 1.93 bits per heavy atom. The van der Waals surface area contributed by atoms with Crippen molar-refractivity contribution in [2.24, 2.45) is 5.10 Å². The maximum atomic E-state index is 5.65. The fourth-order valence-corrected chi connectivity index (χ4v) is 3.74. The highest BCUT2D eigenvalue weighted by molar-refractivity contribution is 7.14. The lowest BCUT2D eigenvalue weighted by atomic mass is 9.98. The van der Waals surface area contributed by atoms with Crippen LogP contribution >= 0.6 is 11.3 Å². The Kier molecular flexibility index (Phi) is 6.24. The van der Waals surface area contributed by atoms with Gasteiger partial charge in [0, 0.05) is 10.9 Å². The third kappa shape index (κ3) is 4.95. The molecule has 140 valence electrons. The molecule has 0 saturated carbocycles. The molecule has 5 heteroatoms. The van der Waals surface area contributed by atoms with Crippen LogP contribution in [0.2, 0.25) is 0 Å². The highest BCUT2D eigenvalue weighted by Gasteiger charge is 2.10. The molecule has 27 heavy (non-hydrogen) atoms. The molecule has 0 saturated heterocycles. The van der Waals surface area contributed by atoms with E-state index >= 15 is 0 Å². The number of hydrogen-bond acceptors (Lipinski definition) is 5. The van der Waals surface area contributed by atoms with Crippen LogP contribution in [0.25, 0.3) is 11.3 Å². The number of benzene rings is 2. The number of aryl methyl sites for hydroxylation is 3. The van der Waals surface area contributed by atoms with E-state index in [1.807, 2.05) is 24.3 Å². The van der Waals surface area contributed by atoms with E-state index in [9.17, 15) is 0 Å². The average Bonchev–Trinajstić information content (AvgIpc) is 3.08. The Morgan fingerprint density at radius 1 is 1.15 bits per heavy atom. The van der Waals surface area contributed by atoms with Gasteiger partial charge in [-0.15, -0.1) is 11.3 Å². The number of ether oxygens (including phenoxy) is 1. The first-order valence-electron chi connectivity index (χ1n) is 9.12. The Bertz CT molecular complexity index is 923. The number of rotatable bonds is 7. The molecule has 1 aromatic heterocycles. The summed E-state index contributed by atoms with van der Waals surface area (Å²) in [6, 6.07) is 12.3. The van der Waals surface area contributed by atoms with Crippen LogP contribution in [0.1, 0.15) is 35.6 Å². The summed E-state index contributed by atoms with van der Waals surface area (Å²) in [5.74, 6) is 0.864. The van der Waals surface area contributed by atoms with Crippen molar-refractivity contribution in [3.05, 3.63) is 64.0 Å². The normalized spacial score (nSPS) is 11.1. The van der Waals surface area contributed by atoms with E-state index in [1.165, 1.54) is 22.3 Å². The van der Waals surface area contributed by atoms with Crippen molar-refractivity contribution >= 4 is 22.7 Å². The van der Waals surface area contributed by atoms with Crippen molar-refractivity contribution < 1.29 is 4.74 Å². The summed E-state index contributed by atoms with van der Waals surface area (Å²) < 4.78 is 5.65. The van der Waals surface area contributed by atoms with Gasteiger partial charge < -0.3 is 4.74 Å². The molecule has 3 aromatic rings. The van der Waals surface area contributed by atoms with Crippen molar-refractivity contribution in [3.63, 3.8) is 0 Å². The summed E-state index contributed by atoms with van der Waals surface area (Å²) in [6.07, 6.45) is 2.77. The lowest BCUT2D eigenvalue weighted by Crippen LogP contribution is -1.96. The summed E-state index contributed by atoms with van der Waals surface area (Å²) in [6.45, 7) is 9.20. The first kappa shape index (κ1) is 19.1. The van der Waals surface area contributed by atoms with E-state index in [-0.39, 0.29) is 0 Å². The standard InChI is InChI=1S/C22H25N3OS/c1-5-9-26-19-8-6-7-18(12-19)13-23-25-22-24-20(14-27-22)21-16(3)10-15(2)11-17(21)4/h6-8,10-14H,5,9H2,1-4H3,(H,24,25)/b23-13-. The molecule has 3 rings (SSSR count). The molecule has 0 aliphatic rings. The molecule has 0 aliphatic carbocycles. The van der Waals surface area contributed by atoms with Gasteiger partial charge in [-0.3, -0.25) is 5.43 Å². The van der Waals surface area contributed by atoms with Crippen molar-refractivity contribution in [1.29, 1.82) is 0 Å². The minimum Gasteiger partial charge on any atom is -0.494 e. The van der Waals surface area contributed by atoms with E-state index in [1.54, 1.807) is 17.6 Å². The highest BCUT2D eigenvalue weighted by atomic mass is 32.1. The smallest absolute Gasteiger partial charge is 0.203 e. The second-order valence-electron chi connectivity index (χ2n) is 6.60. The number of hydrogen-bond donors (Lipinski definition) is 1. The van der Waals surface area contributed by atoms with Crippen LogP contribution in [0.5, 0.6) is 5.75 Å². The predicted molar refractivity (Wildman–Crippen MR) is 115 cm³/mol. The summed E-state index contributed by atoms with van der Waals surface area (Å²) in [7, 11) is 0. The number of nitrogens with one attached hydrogen (secondary N) is 1. The molecular formula is C22H25N3OS. The van der Waals surface area contributed by atoms with Crippen molar-refractivity contribution in [3.8, 4) is 17.0 Å². The van der Waals surface area contributed by atoms with E-state index in [0.717, 1.165) is 35.2 Å². The summed E-state index contributed by atoms with van der Waals surface area (Å²) >= 11 is 1.55. The fraction of sp³-hybridized carbons (Fsp3) is 0.273. The molecule has 0 spiro atoms. The number of aromatic nitrogens is 1. The van der Waals surface area contributed by atoms with Gasteiger partial charge in [-0.2, -0.15) is 5.10 Å². The first-order valence-corrected chi connectivity index (χ1v) is 10.0. The van der Waals surface area contributed by atoms with Crippen LogP contribution in [0, 0.1) is 20.8 Å². The molecule has 4 nitrogen and oxygen atoms in total. The van der Waals surface area contributed by atoms with Gasteiger partial charge in [-0.25, -0.2) is 4.98 Å². The summed E-state index contributed by atoms with van der Waals surface area (Å²) in [5.41, 5.74) is 9.98. The topological polar surface area (TPSA) is 46.5 Å². The monoisotopic (exact) mass is 379 g/mol. The number of anilines is 1. The lowest BCUT2D eigenvalue weighted by molar-refractivity contribution is 0.317. The maximum absolute atomic E-state index is 5.65. The van der Waals surface area contributed by atoms with Gasteiger partial charge in [0.05, 0.1) is 18.5 Å². The number of nitrogens with zero attached hydrogens (tertiary/aromatic N) is 2. The second-order valence-corrected chi connectivity index (χ2v) is 7.46. The van der Waals surface area contributed by atoms with Gasteiger partial charge >= 0.3 is 0 Å². The summed E-state index contributed by atoms with van der Waals surface area (Å²) in [5, 5.41) is 7.16. The molecule has 1 heterocycles. The fourth-order valence-electron chi connectivity index (χ4n) is 3.09. The molecule has 0 fully saturated rings. The Hall–Kier alpha value is -2.66. The highest BCUT2D eigenvalue weighted by Crippen LogP contribution is 2.31. The average molecular weight is 380 g/mol. The third-order valence-electron chi connectivity index (χ3n) is 4.14. The molecule has 1 N–H and O–H groups in total. The Labute approximate surface area is 164 Å². The van der Waals surface area contributed by atoms with Crippen LogP contribution < -0.4 is 10.2 Å². The molecule has 2 aromatic carbocycles. The molecular weight excluding hydrogens is 354 g/mol. The van der Waals surface area contributed by atoms with Gasteiger partial charge in [-0.05, 0) is 56.0 Å². The van der Waals surface area contributed by atoms with Crippen molar-refractivity contribution in [2.45, 2.75) is 34.1 Å². The van der Waals surface area contributed by atoms with Crippen molar-refractivity contribution in [1.82, 2.24) is 4.98 Å². The van der Waals surface area contributed by atoms with E-state index in [2.05, 4.69) is 55.7 Å². The largest absolute Gasteiger partial charge is 0.494 e. The predicted octanol–water partition coefficient (Wildman–Crippen LogP) is 5.97. The van der Waals surface area contributed by atoms with Crippen molar-refractivity contribution in [2.75, 3.05) is 12.0 Å². The van der Waals surface area contributed by atoms with Crippen LogP contribution in [0.3, 0.4) is 0 Å². The van der Waals surface area contributed by atoms with Gasteiger partial charge in [0.1, 0.15) is 5.75 Å². The zero-order valence-electron chi connectivity index (χ0n) is 16.2. The minimum absolute atomic E-state index is 0.721. The third-order valence-corrected chi connectivity index (χ3v) is 4.89. The first-order chi connectivity index (χ1) is 13.1. The Morgan fingerprint density at radius 3 is 2.67 bits per heavy atom. The van der Waals surface area contributed by atoms with E-state index in [4.69, 9.17) is 9.72 Å². The molecule has 0 atom stereocenters.